The van der Waals surface area contributed by atoms with E-state index >= 15 is 0 Å². The fourth-order valence-corrected chi connectivity index (χ4v) is 5.82. The number of amides is 1. The number of rotatable bonds is 7. The third kappa shape index (κ3) is 4.92. The lowest BCUT2D eigenvalue weighted by Crippen LogP contribution is -2.52. The molecule has 0 bridgehead atoms. The molecule has 2 aliphatic rings. The van der Waals surface area contributed by atoms with Crippen LogP contribution >= 0.6 is 0 Å². The van der Waals surface area contributed by atoms with Crippen LogP contribution in [0.25, 0.3) is 0 Å². The van der Waals surface area contributed by atoms with Gasteiger partial charge in [0.05, 0.1) is 30.9 Å². The summed E-state index contributed by atoms with van der Waals surface area (Å²) in [5.41, 5.74) is 6.04. The second-order valence-electron chi connectivity index (χ2n) is 10.8. The number of nitrogens with one attached hydrogen (secondary N) is 1. The monoisotopic (exact) mass is 490 g/mol. The zero-order chi connectivity index (χ0) is 25.4. The number of hydrogen-bond acceptors (Lipinski definition) is 5. The molecule has 2 aromatic heterocycles. The first-order valence-corrected chi connectivity index (χ1v) is 12.7. The average molecular weight is 491 g/mol. The molecule has 2 fully saturated rings. The highest BCUT2D eigenvalue weighted by molar-refractivity contribution is 5.94. The number of carboxylic acids is 1. The first-order valence-electron chi connectivity index (χ1n) is 12.7. The number of benzene rings is 1. The molecule has 1 amide bonds. The van der Waals surface area contributed by atoms with Crippen LogP contribution in [0.2, 0.25) is 0 Å². The summed E-state index contributed by atoms with van der Waals surface area (Å²) >= 11 is 0. The number of nitrogens with zero attached hydrogens (tertiary/aromatic N) is 5. The highest BCUT2D eigenvalue weighted by atomic mass is 16.4. The van der Waals surface area contributed by atoms with Crippen molar-refractivity contribution in [3.63, 3.8) is 0 Å². The van der Waals surface area contributed by atoms with Crippen LogP contribution in [0.15, 0.2) is 30.5 Å². The molecule has 36 heavy (non-hydrogen) atoms. The normalized spacial score (nSPS) is 23.4. The van der Waals surface area contributed by atoms with E-state index in [1.807, 2.05) is 42.1 Å². The summed E-state index contributed by atoms with van der Waals surface area (Å²) in [6.45, 7) is 7.24. The van der Waals surface area contributed by atoms with E-state index < -0.39 is 5.97 Å². The van der Waals surface area contributed by atoms with E-state index in [1.165, 1.54) is 5.56 Å². The largest absolute Gasteiger partial charge is 0.481 e. The Labute approximate surface area is 210 Å². The van der Waals surface area contributed by atoms with Crippen molar-refractivity contribution in [2.45, 2.75) is 78.4 Å². The molecule has 1 spiro atoms. The summed E-state index contributed by atoms with van der Waals surface area (Å²) in [5, 5.41) is 25.5. The minimum atomic E-state index is -0.672. The Balaban J connectivity index is 1.15. The summed E-state index contributed by atoms with van der Waals surface area (Å²) in [4.78, 5) is 24.1. The van der Waals surface area contributed by atoms with E-state index in [4.69, 9.17) is 0 Å². The number of carboxylic acid groups (broad SMARTS) is 1. The molecule has 0 radical (unpaired) electrons. The molecule has 0 atom stereocenters. The van der Waals surface area contributed by atoms with Gasteiger partial charge in [-0.2, -0.15) is 5.10 Å². The Kier molecular flexibility index (Phi) is 6.40. The fourth-order valence-electron chi connectivity index (χ4n) is 5.82. The number of hydrogen-bond donors (Lipinski definition) is 2. The van der Waals surface area contributed by atoms with E-state index in [0.29, 0.717) is 18.7 Å². The van der Waals surface area contributed by atoms with Crippen molar-refractivity contribution >= 4 is 11.9 Å². The van der Waals surface area contributed by atoms with Crippen LogP contribution in [-0.4, -0.2) is 47.8 Å². The molecule has 9 heteroatoms. The van der Waals surface area contributed by atoms with Gasteiger partial charge in [-0.3, -0.25) is 14.3 Å². The van der Waals surface area contributed by atoms with E-state index in [-0.39, 0.29) is 23.3 Å². The smallest absolute Gasteiger partial charge is 0.306 e. The predicted octanol–water partition coefficient (Wildman–Crippen LogP) is 3.65. The molecule has 0 saturated heterocycles. The molecule has 9 nitrogen and oxygen atoms in total. The third-order valence-electron chi connectivity index (χ3n) is 8.26. The quantitative estimate of drug-likeness (QED) is 0.522. The zero-order valence-corrected chi connectivity index (χ0v) is 21.2. The molecule has 2 heterocycles. The molecule has 2 N–H and O–H groups in total. The van der Waals surface area contributed by atoms with Gasteiger partial charge in [-0.15, -0.1) is 5.10 Å². The van der Waals surface area contributed by atoms with Gasteiger partial charge in [-0.1, -0.05) is 17.3 Å². The van der Waals surface area contributed by atoms with Gasteiger partial charge in [0, 0.05) is 17.3 Å². The lowest BCUT2D eigenvalue weighted by Gasteiger charge is -2.51. The maximum absolute atomic E-state index is 12.9. The van der Waals surface area contributed by atoms with Crippen LogP contribution in [-0.2, 0) is 17.9 Å². The van der Waals surface area contributed by atoms with Crippen LogP contribution in [0, 0.1) is 32.1 Å². The molecule has 3 aromatic rings. The van der Waals surface area contributed by atoms with Crippen molar-refractivity contribution in [2.24, 2.45) is 11.3 Å². The van der Waals surface area contributed by atoms with Crippen LogP contribution in [0.4, 0.5) is 0 Å². The third-order valence-corrected chi connectivity index (χ3v) is 8.26. The lowest BCUT2D eigenvalue weighted by atomic mass is 9.57. The van der Waals surface area contributed by atoms with Gasteiger partial charge in [0.15, 0.2) is 0 Å². The van der Waals surface area contributed by atoms with Crippen LogP contribution in [0.3, 0.4) is 0 Å². The van der Waals surface area contributed by atoms with Crippen LogP contribution in [0.1, 0.15) is 77.1 Å². The molecule has 0 aliphatic heterocycles. The Morgan fingerprint density at radius 3 is 2.56 bits per heavy atom. The Bertz CT molecular complexity index is 1280. The fraction of sp³-hybridized carbons (Fsp3) is 0.519. The van der Waals surface area contributed by atoms with Gasteiger partial charge in [-0.25, -0.2) is 4.68 Å². The lowest BCUT2D eigenvalue weighted by molar-refractivity contribution is -0.144. The Morgan fingerprint density at radius 2 is 1.89 bits per heavy atom. The molecule has 0 unspecified atom stereocenters. The Morgan fingerprint density at radius 1 is 1.14 bits per heavy atom. The van der Waals surface area contributed by atoms with Gasteiger partial charge in [-0.05, 0) is 88.0 Å². The second-order valence-corrected chi connectivity index (χ2v) is 10.8. The minimum absolute atomic E-state index is 0.0601. The number of carbonyl (C=O) groups is 2. The van der Waals surface area contributed by atoms with Gasteiger partial charge < -0.3 is 10.4 Å². The number of aryl methyl sites for hydroxylation is 1. The summed E-state index contributed by atoms with van der Waals surface area (Å²) < 4.78 is 3.74. The van der Waals surface area contributed by atoms with Crippen molar-refractivity contribution in [1.82, 2.24) is 30.1 Å². The molecular weight excluding hydrogens is 456 g/mol. The molecule has 2 aliphatic carbocycles. The number of aromatic nitrogens is 5. The second kappa shape index (κ2) is 9.52. The van der Waals surface area contributed by atoms with Gasteiger partial charge in [0.1, 0.15) is 5.69 Å². The van der Waals surface area contributed by atoms with Crippen molar-refractivity contribution in [3.8, 4) is 0 Å². The van der Waals surface area contributed by atoms with Gasteiger partial charge in [0.2, 0.25) is 0 Å². The van der Waals surface area contributed by atoms with E-state index in [9.17, 15) is 14.7 Å². The molecule has 1 aromatic carbocycles. The summed E-state index contributed by atoms with van der Waals surface area (Å²) in [7, 11) is 0. The first kappa shape index (κ1) is 24.2. The van der Waals surface area contributed by atoms with Crippen LogP contribution < -0.4 is 5.32 Å². The topological polar surface area (TPSA) is 115 Å². The van der Waals surface area contributed by atoms with Crippen molar-refractivity contribution < 1.29 is 14.7 Å². The molecule has 5 rings (SSSR count). The van der Waals surface area contributed by atoms with Gasteiger partial charge >= 0.3 is 5.97 Å². The van der Waals surface area contributed by atoms with E-state index in [0.717, 1.165) is 61.2 Å². The summed E-state index contributed by atoms with van der Waals surface area (Å²) in [6, 6.07) is 7.80. The minimum Gasteiger partial charge on any atom is -0.481 e. The van der Waals surface area contributed by atoms with E-state index in [1.54, 1.807) is 4.68 Å². The zero-order valence-electron chi connectivity index (χ0n) is 21.2. The van der Waals surface area contributed by atoms with Gasteiger partial charge in [0.25, 0.3) is 5.91 Å². The SMILES string of the molecule is Cc1nn(Cc2cn(Cc3cccc(C(=O)NC4CC5(CCC(C(=O)O)CC5)C4)c3)nn2)c(C)c1C. The number of aliphatic carboxylic acids is 1. The van der Waals surface area contributed by atoms with Crippen LogP contribution in [0.5, 0.6) is 0 Å². The number of carbonyl (C=O) groups excluding carboxylic acids is 1. The molecular formula is C27H34N6O3. The summed E-state index contributed by atoms with van der Waals surface area (Å²) in [6.07, 6.45) is 7.22. The summed E-state index contributed by atoms with van der Waals surface area (Å²) in [5.74, 6) is -0.930. The van der Waals surface area contributed by atoms with E-state index in [2.05, 4.69) is 34.6 Å². The van der Waals surface area contributed by atoms with Crippen molar-refractivity contribution in [3.05, 3.63) is 64.2 Å². The first-order chi connectivity index (χ1) is 17.2. The maximum atomic E-state index is 12.9. The standard InChI is InChI=1S/C27H34N6O3/c1-17-18(2)30-33(19(17)3)16-24-15-32(31-29-24)14-20-5-4-6-22(11-20)25(34)28-23-12-27(13-23)9-7-21(8-10-27)26(35)36/h4-6,11,15,21,23H,7-10,12-14,16H2,1-3H3,(H,28,34)(H,35,36). The molecule has 190 valence electrons. The highest BCUT2D eigenvalue weighted by Gasteiger charge is 2.47. The molecule has 2 saturated carbocycles. The maximum Gasteiger partial charge on any atom is 0.306 e. The Hall–Kier alpha value is -3.49. The predicted molar refractivity (Wildman–Crippen MR) is 134 cm³/mol. The van der Waals surface area contributed by atoms with Crippen molar-refractivity contribution in [1.29, 1.82) is 0 Å². The average Bonchev–Trinajstić information content (AvgIpc) is 3.37. The highest BCUT2D eigenvalue weighted by Crippen LogP contribution is 2.52. The van der Waals surface area contributed by atoms with Crippen molar-refractivity contribution in [2.75, 3.05) is 0 Å².